The Labute approximate surface area is 155 Å². The Balaban J connectivity index is 0. The number of hydrogen-bond donors (Lipinski definition) is 1. The number of H-pyrrole nitrogens is 1. The van der Waals surface area contributed by atoms with Crippen LogP contribution >= 0.6 is 0 Å². The number of allylic oxidation sites excluding steroid dienone is 1. The fourth-order valence-corrected chi connectivity index (χ4v) is 1.35. The number of nitrogens with one attached hydrogen (secondary N) is 1. The van der Waals surface area contributed by atoms with Crippen molar-refractivity contribution in [2.45, 2.75) is 33.1 Å². The van der Waals surface area contributed by atoms with Crippen LogP contribution in [0.25, 0.3) is 0 Å². The molecule has 0 spiro atoms. The van der Waals surface area contributed by atoms with Crippen LogP contribution in [0.15, 0.2) is 43.8 Å². The minimum Gasteiger partial charge on any atom is -0.550 e. The lowest BCUT2D eigenvalue weighted by molar-refractivity contribution is -0.677. The molecule has 2 heterocycles. The first-order valence-electron chi connectivity index (χ1n) is 8.17. The van der Waals surface area contributed by atoms with Crippen molar-refractivity contribution in [3.8, 4) is 0 Å². The summed E-state index contributed by atoms with van der Waals surface area (Å²) in [5.41, 5.74) is 0. The fourth-order valence-electron chi connectivity index (χ4n) is 1.35. The van der Waals surface area contributed by atoms with Crippen molar-refractivity contribution in [3.63, 3.8) is 0 Å². The van der Waals surface area contributed by atoms with Gasteiger partial charge in [0.2, 0.25) is 6.33 Å². The third-order valence-electron chi connectivity index (χ3n) is 2.79. The highest BCUT2D eigenvalue weighted by atomic mass is 16.4. The number of aliphatic carboxylic acids is 2. The number of carbonyl (C=O) groups is 2. The average molecular weight is 366 g/mol. The summed E-state index contributed by atoms with van der Waals surface area (Å²) >= 11 is 0. The molecule has 8 heteroatoms. The number of carboxylic acids is 2. The number of nitrogens with zero attached hydrogens (tertiary/aromatic N) is 3. The summed E-state index contributed by atoms with van der Waals surface area (Å²) < 4.78 is 6.04. The van der Waals surface area contributed by atoms with Crippen LogP contribution in [-0.2, 0) is 37.2 Å². The molecule has 0 aliphatic rings. The van der Waals surface area contributed by atoms with Crippen molar-refractivity contribution in [2.75, 3.05) is 0 Å². The first-order valence-corrected chi connectivity index (χ1v) is 8.17. The first kappa shape index (κ1) is 25.3. The van der Waals surface area contributed by atoms with Gasteiger partial charge in [-0.25, -0.2) is 18.7 Å². The monoisotopic (exact) mass is 366 g/mol. The quantitative estimate of drug-likeness (QED) is 0.536. The highest BCUT2D eigenvalue weighted by molar-refractivity contribution is 5.63. The predicted octanol–water partition coefficient (Wildman–Crippen LogP) is -1.29. The Morgan fingerprint density at radius 1 is 1.19 bits per heavy atom. The summed E-state index contributed by atoms with van der Waals surface area (Å²) in [6.45, 7) is 6.72. The van der Waals surface area contributed by atoms with Crippen LogP contribution in [0.3, 0.4) is 0 Å². The van der Waals surface area contributed by atoms with E-state index in [-0.39, 0.29) is 12.8 Å². The smallest absolute Gasteiger partial charge is 0.257 e. The van der Waals surface area contributed by atoms with Crippen molar-refractivity contribution < 1.29 is 28.9 Å². The zero-order valence-corrected chi connectivity index (χ0v) is 16.3. The second kappa shape index (κ2) is 15.6. The molecule has 0 fully saturated rings. The second-order valence-electron chi connectivity index (χ2n) is 5.21. The Morgan fingerprint density at radius 2 is 1.69 bits per heavy atom. The predicted molar refractivity (Wildman–Crippen MR) is 93.1 cm³/mol. The standard InChI is InChI=1S/C7H10N2.C5H9N2.2C3H6O2/c1-3-4-7-8-5-6-9(7)2;1-6-3-4-7(2)5-6;2*1-2-3(4)5/h3,5-6H,1,4H2,2H3;3-5H,1-2H3;2*2H2,1H3,(H,4,5)/q;+1;;/p-1. The third-order valence-corrected chi connectivity index (χ3v) is 2.79. The van der Waals surface area contributed by atoms with Crippen LogP contribution < -0.4 is 19.3 Å². The number of carbonyl (C=O) groups excluding carboxylic acids is 2. The molecule has 0 saturated heterocycles. The number of rotatable bonds is 4. The molecule has 8 nitrogen and oxygen atoms in total. The zero-order valence-electron chi connectivity index (χ0n) is 16.3. The maximum Gasteiger partial charge on any atom is 0.257 e. The molecule has 0 amide bonds. The Kier molecular flexibility index (Phi) is 15.2. The Bertz CT molecular complexity index is 617. The third kappa shape index (κ3) is 16.0. The van der Waals surface area contributed by atoms with Crippen LogP contribution in [0.4, 0.5) is 0 Å². The van der Waals surface area contributed by atoms with Crippen LogP contribution in [0.2, 0.25) is 0 Å². The molecule has 146 valence electrons. The summed E-state index contributed by atoms with van der Waals surface area (Å²) in [5, 5.41) is 18.5. The molecule has 2 rings (SSSR count). The lowest BCUT2D eigenvalue weighted by atomic mass is 10.4. The normalized spacial score (nSPS) is 8.65. The highest BCUT2D eigenvalue weighted by Gasteiger charge is 2.00. The molecule has 2 aromatic heterocycles. The molecule has 0 saturated carbocycles. The molecule has 0 radical (unpaired) electrons. The van der Waals surface area contributed by atoms with Crippen LogP contribution in [0.1, 0.15) is 32.5 Å². The van der Waals surface area contributed by atoms with E-state index in [9.17, 15) is 19.8 Å². The largest absolute Gasteiger partial charge is 0.550 e. The molecule has 2 aromatic rings. The molecule has 0 aromatic carbocycles. The van der Waals surface area contributed by atoms with E-state index in [1.54, 1.807) is 0 Å². The maximum atomic E-state index is 9.26. The molecule has 0 unspecified atom stereocenters. The van der Waals surface area contributed by atoms with Crippen molar-refractivity contribution >= 4 is 11.9 Å². The molecular weight excluding hydrogens is 336 g/mol. The summed E-state index contributed by atoms with van der Waals surface area (Å²) in [4.78, 5) is 21.6. The minimum atomic E-state index is -0.995. The van der Waals surface area contributed by atoms with E-state index in [0.717, 1.165) is 6.42 Å². The molecule has 0 aliphatic heterocycles. The van der Waals surface area contributed by atoms with Crippen molar-refractivity contribution in [1.82, 2.24) is 9.55 Å². The van der Waals surface area contributed by atoms with E-state index >= 15 is 0 Å². The fraction of sp³-hybridized carbons (Fsp3) is 0.444. The summed E-state index contributed by atoms with van der Waals surface area (Å²) in [6, 6.07) is 0. The molecular formula is C18H30N4O4. The zero-order chi connectivity index (χ0) is 20.5. The maximum absolute atomic E-state index is 9.26. The van der Waals surface area contributed by atoms with Crippen molar-refractivity contribution in [2.24, 2.45) is 21.1 Å². The number of aromatic nitrogens is 4. The first-order chi connectivity index (χ1) is 12.2. The van der Waals surface area contributed by atoms with Gasteiger partial charge in [-0.15, -0.1) is 6.58 Å². The van der Waals surface area contributed by atoms with E-state index in [4.69, 9.17) is 0 Å². The van der Waals surface area contributed by atoms with E-state index in [1.165, 1.54) is 19.7 Å². The summed E-state index contributed by atoms with van der Waals surface area (Å²) in [5.74, 6) is -0.806. The van der Waals surface area contributed by atoms with Gasteiger partial charge in [0.15, 0.2) is 0 Å². The van der Waals surface area contributed by atoms with Crippen LogP contribution in [0, 0.1) is 0 Å². The van der Waals surface area contributed by atoms with Gasteiger partial charge in [0.05, 0.1) is 27.6 Å². The summed E-state index contributed by atoms with van der Waals surface area (Å²) in [6.07, 6.45) is 12.9. The van der Waals surface area contributed by atoms with E-state index < -0.39 is 11.9 Å². The van der Waals surface area contributed by atoms with Gasteiger partial charge in [0.1, 0.15) is 24.8 Å². The average Bonchev–Trinajstić information content (AvgIpc) is 3.17. The van der Waals surface area contributed by atoms with E-state index in [2.05, 4.69) is 11.6 Å². The van der Waals surface area contributed by atoms with Crippen molar-refractivity contribution in [1.29, 1.82) is 0 Å². The summed E-state index contributed by atoms with van der Waals surface area (Å²) in [7, 11) is 6.01. The van der Waals surface area contributed by atoms with Gasteiger partial charge in [-0.2, -0.15) is 0 Å². The topological polar surface area (TPSA) is 109 Å². The molecule has 0 bridgehead atoms. The minimum absolute atomic E-state index is 0.111. The Morgan fingerprint density at radius 3 is 1.88 bits per heavy atom. The van der Waals surface area contributed by atoms with Crippen LogP contribution in [-0.4, -0.2) is 21.5 Å². The number of imidazole rings is 2. The second-order valence-corrected chi connectivity index (χ2v) is 5.21. The highest BCUT2D eigenvalue weighted by Crippen LogP contribution is 1.85. The van der Waals surface area contributed by atoms with Gasteiger partial charge < -0.3 is 19.8 Å². The van der Waals surface area contributed by atoms with Crippen molar-refractivity contribution in [3.05, 3.63) is 49.6 Å². The van der Waals surface area contributed by atoms with Gasteiger partial charge >= 0.3 is 0 Å². The lowest BCUT2D eigenvalue weighted by Crippen LogP contribution is -2.29. The lowest BCUT2D eigenvalue weighted by Gasteiger charge is -1.87. The Hall–Kier alpha value is -2.90. The number of carboxylic acid groups (broad SMARTS) is 2. The molecule has 0 atom stereocenters. The van der Waals surface area contributed by atoms with E-state index in [1.807, 2.05) is 72.0 Å². The molecule has 0 aliphatic carbocycles. The van der Waals surface area contributed by atoms with E-state index in [0.29, 0.717) is 0 Å². The van der Waals surface area contributed by atoms with Gasteiger partial charge in [-0.05, 0) is 12.8 Å². The van der Waals surface area contributed by atoms with Gasteiger partial charge in [-0.3, -0.25) is 0 Å². The number of aromatic amines is 1. The number of aryl methyl sites for hydroxylation is 3. The molecule has 26 heavy (non-hydrogen) atoms. The van der Waals surface area contributed by atoms with Gasteiger partial charge in [-0.1, -0.05) is 19.9 Å². The van der Waals surface area contributed by atoms with Gasteiger partial charge in [0, 0.05) is 11.9 Å². The number of hydrogen-bond acceptors (Lipinski definition) is 4. The van der Waals surface area contributed by atoms with Gasteiger partial charge in [0.25, 0.3) is 5.82 Å². The van der Waals surface area contributed by atoms with Crippen LogP contribution in [0.5, 0.6) is 0 Å². The molecule has 1 N–H and O–H groups in total. The SMILES string of the molecule is C=CCc1[nH]cc[n+]1C.CCC(=O)[O-].CCC(=O)[O-].Cn1cc[n+](C)c1.